The van der Waals surface area contributed by atoms with Gasteiger partial charge in [0.2, 0.25) is 16.0 Å². The standard InChI is InChI=1S/C20H23N5O3S/c1-29(26,27)25-17-7-5-6-15(13-17)12-16-14-23-20(24-19(16)21)22-10-11-28-18-8-3-2-4-9-18/h2-9,13-14,25H,10-12H2,1H3,(H3,21,22,23,24). The Balaban J connectivity index is 1.56. The highest BCUT2D eigenvalue weighted by Crippen LogP contribution is 2.18. The number of aromatic nitrogens is 2. The fraction of sp³-hybridized carbons (Fsp3) is 0.200. The van der Waals surface area contributed by atoms with Gasteiger partial charge in [-0.25, -0.2) is 13.4 Å². The SMILES string of the molecule is CS(=O)(=O)Nc1cccc(Cc2cnc(NCCOc3ccccc3)nc2N)c1. The molecule has 29 heavy (non-hydrogen) atoms. The summed E-state index contributed by atoms with van der Waals surface area (Å²) in [7, 11) is -3.33. The lowest BCUT2D eigenvalue weighted by molar-refractivity contribution is 0.332. The summed E-state index contributed by atoms with van der Waals surface area (Å²) < 4.78 is 30.8. The summed E-state index contributed by atoms with van der Waals surface area (Å²) in [6.07, 6.45) is 3.27. The summed E-state index contributed by atoms with van der Waals surface area (Å²) in [6, 6.07) is 16.7. The van der Waals surface area contributed by atoms with Crippen LogP contribution < -0.4 is 20.5 Å². The molecule has 0 aliphatic rings. The summed E-state index contributed by atoms with van der Waals surface area (Å²) in [6.45, 7) is 1.00. The van der Waals surface area contributed by atoms with E-state index < -0.39 is 10.0 Å². The monoisotopic (exact) mass is 413 g/mol. The zero-order valence-corrected chi connectivity index (χ0v) is 16.8. The molecule has 0 spiro atoms. The molecule has 0 fully saturated rings. The number of para-hydroxylation sites is 1. The van der Waals surface area contributed by atoms with Crippen LogP contribution in [0.3, 0.4) is 0 Å². The van der Waals surface area contributed by atoms with E-state index in [2.05, 4.69) is 20.0 Å². The summed E-state index contributed by atoms with van der Waals surface area (Å²) in [5.74, 6) is 1.60. The minimum absolute atomic E-state index is 0.368. The first-order chi connectivity index (χ1) is 13.9. The smallest absolute Gasteiger partial charge is 0.229 e. The van der Waals surface area contributed by atoms with Crippen molar-refractivity contribution in [3.05, 3.63) is 71.9 Å². The Bertz CT molecular complexity index is 1060. The summed E-state index contributed by atoms with van der Waals surface area (Å²) in [5, 5.41) is 3.08. The van der Waals surface area contributed by atoms with Crippen molar-refractivity contribution in [1.82, 2.24) is 9.97 Å². The number of hydrogen-bond donors (Lipinski definition) is 3. The van der Waals surface area contributed by atoms with Crippen LogP contribution in [0.5, 0.6) is 5.75 Å². The first-order valence-corrected chi connectivity index (χ1v) is 10.9. The lowest BCUT2D eigenvalue weighted by Crippen LogP contribution is -2.14. The molecule has 8 nitrogen and oxygen atoms in total. The van der Waals surface area contributed by atoms with Crippen molar-refractivity contribution in [1.29, 1.82) is 0 Å². The third-order valence-corrected chi connectivity index (χ3v) is 4.53. The second kappa shape index (κ2) is 9.24. The van der Waals surface area contributed by atoms with Gasteiger partial charge in [0, 0.05) is 23.9 Å². The molecule has 1 heterocycles. The maximum Gasteiger partial charge on any atom is 0.229 e. The van der Waals surface area contributed by atoms with Gasteiger partial charge in [0.05, 0.1) is 12.8 Å². The van der Waals surface area contributed by atoms with Crippen LogP contribution in [0.4, 0.5) is 17.5 Å². The van der Waals surface area contributed by atoms with Crippen LogP contribution >= 0.6 is 0 Å². The van der Waals surface area contributed by atoms with Crippen molar-refractivity contribution >= 4 is 27.5 Å². The lowest BCUT2D eigenvalue weighted by atomic mass is 10.1. The summed E-state index contributed by atoms with van der Waals surface area (Å²) in [4.78, 5) is 8.58. The highest BCUT2D eigenvalue weighted by atomic mass is 32.2. The molecule has 1 aromatic heterocycles. The van der Waals surface area contributed by atoms with E-state index in [1.807, 2.05) is 36.4 Å². The molecule has 3 aromatic rings. The van der Waals surface area contributed by atoms with Gasteiger partial charge in [0.25, 0.3) is 0 Å². The van der Waals surface area contributed by atoms with Crippen LogP contribution in [0.15, 0.2) is 60.8 Å². The van der Waals surface area contributed by atoms with Crippen molar-refractivity contribution in [3.8, 4) is 5.75 Å². The van der Waals surface area contributed by atoms with E-state index in [4.69, 9.17) is 10.5 Å². The molecule has 0 aliphatic heterocycles. The largest absolute Gasteiger partial charge is 0.492 e. The van der Waals surface area contributed by atoms with Crippen molar-refractivity contribution in [3.63, 3.8) is 0 Å². The molecule has 3 rings (SSSR count). The number of nitrogen functional groups attached to an aromatic ring is 1. The van der Waals surface area contributed by atoms with Gasteiger partial charge in [0.1, 0.15) is 18.2 Å². The molecule has 152 valence electrons. The number of anilines is 3. The molecule has 0 aliphatic carbocycles. The molecule has 0 atom stereocenters. The molecule has 0 bridgehead atoms. The zero-order chi connectivity index (χ0) is 20.7. The molecule has 0 unspecified atom stereocenters. The number of ether oxygens (including phenoxy) is 1. The number of benzene rings is 2. The average Bonchev–Trinajstić information content (AvgIpc) is 2.67. The van der Waals surface area contributed by atoms with Gasteiger partial charge in [0.15, 0.2) is 0 Å². The Labute approximate surface area is 170 Å². The topological polar surface area (TPSA) is 119 Å². The predicted octanol–water partition coefficient (Wildman–Crippen LogP) is 2.51. The van der Waals surface area contributed by atoms with E-state index in [0.29, 0.717) is 37.0 Å². The van der Waals surface area contributed by atoms with Gasteiger partial charge in [-0.3, -0.25) is 4.72 Å². The highest BCUT2D eigenvalue weighted by molar-refractivity contribution is 7.92. The van der Waals surface area contributed by atoms with Crippen LogP contribution in [0.25, 0.3) is 0 Å². The first-order valence-electron chi connectivity index (χ1n) is 8.99. The van der Waals surface area contributed by atoms with Crippen LogP contribution in [0.2, 0.25) is 0 Å². The maximum atomic E-state index is 11.4. The fourth-order valence-electron chi connectivity index (χ4n) is 2.67. The molecule has 2 aromatic carbocycles. The van der Waals surface area contributed by atoms with Crippen LogP contribution in [-0.4, -0.2) is 37.8 Å². The van der Waals surface area contributed by atoms with Gasteiger partial charge >= 0.3 is 0 Å². The van der Waals surface area contributed by atoms with Crippen LogP contribution in [-0.2, 0) is 16.4 Å². The van der Waals surface area contributed by atoms with Crippen molar-refractivity contribution in [2.45, 2.75) is 6.42 Å². The molecule has 0 saturated carbocycles. The number of nitrogens with two attached hydrogens (primary N) is 1. The normalized spacial score (nSPS) is 11.1. The van der Waals surface area contributed by atoms with Gasteiger partial charge < -0.3 is 15.8 Å². The van der Waals surface area contributed by atoms with E-state index >= 15 is 0 Å². The van der Waals surface area contributed by atoms with Gasteiger partial charge in [-0.15, -0.1) is 0 Å². The van der Waals surface area contributed by atoms with E-state index in [9.17, 15) is 8.42 Å². The molecule has 0 amide bonds. The van der Waals surface area contributed by atoms with Gasteiger partial charge in [-0.05, 0) is 29.8 Å². The van der Waals surface area contributed by atoms with E-state index in [1.165, 1.54) is 0 Å². The summed E-state index contributed by atoms with van der Waals surface area (Å²) in [5.41, 5.74) is 8.22. The number of rotatable bonds is 9. The van der Waals surface area contributed by atoms with Gasteiger partial charge in [-0.2, -0.15) is 4.98 Å². The number of nitrogens with one attached hydrogen (secondary N) is 2. The quantitative estimate of drug-likeness (QED) is 0.461. The van der Waals surface area contributed by atoms with Crippen LogP contribution in [0, 0.1) is 0 Å². The first kappa shape index (κ1) is 20.4. The highest BCUT2D eigenvalue weighted by Gasteiger charge is 2.07. The number of nitrogens with zero attached hydrogens (tertiary/aromatic N) is 2. The predicted molar refractivity (Wildman–Crippen MR) is 115 cm³/mol. The van der Waals surface area contributed by atoms with Gasteiger partial charge in [-0.1, -0.05) is 30.3 Å². The van der Waals surface area contributed by atoms with E-state index in [0.717, 1.165) is 23.1 Å². The van der Waals surface area contributed by atoms with Crippen molar-refractivity contribution in [2.24, 2.45) is 0 Å². The van der Waals surface area contributed by atoms with E-state index in [1.54, 1.807) is 24.4 Å². The third-order valence-electron chi connectivity index (χ3n) is 3.92. The Morgan fingerprint density at radius 2 is 1.90 bits per heavy atom. The summed E-state index contributed by atoms with van der Waals surface area (Å²) >= 11 is 0. The van der Waals surface area contributed by atoms with Crippen molar-refractivity contribution < 1.29 is 13.2 Å². The zero-order valence-electron chi connectivity index (χ0n) is 16.0. The Hall–Kier alpha value is -3.33. The minimum atomic E-state index is -3.33. The lowest BCUT2D eigenvalue weighted by Gasteiger charge is -2.10. The molecule has 0 saturated heterocycles. The number of sulfonamides is 1. The Morgan fingerprint density at radius 1 is 1.10 bits per heavy atom. The average molecular weight is 414 g/mol. The second-order valence-electron chi connectivity index (χ2n) is 6.44. The molecule has 4 N–H and O–H groups in total. The second-order valence-corrected chi connectivity index (χ2v) is 8.19. The molecular weight excluding hydrogens is 390 g/mol. The molecule has 0 radical (unpaired) electrons. The third kappa shape index (κ3) is 6.65. The Kier molecular flexibility index (Phi) is 6.50. The van der Waals surface area contributed by atoms with Crippen LogP contribution in [0.1, 0.15) is 11.1 Å². The van der Waals surface area contributed by atoms with Crippen molar-refractivity contribution in [2.75, 3.05) is 35.2 Å². The maximum absolute atomic E-state index is 11.4. The number of hydrogen-bond acceptors (Lipinski definition) is 7. The van der Waals surface area contributed by atoms with E-state index in [-0.39, 0.29) is 0 Å². The minimum Gasteiger partial charge on any atom is -0.492 e. The molecule has 9 heteroatoms. The fourth-order valence-corrected chi connectivity index (χ4v) is 3.22. The molecular formula is C20H23N5O3S. The Morgan fingerprint density at radius 3 is 2.62 bits per heavy atom.